The van der Waals surface area contributed by atoms with Crippen molar-refractivity contribution in [1.29, 1.82) is 0 Å². The SMILES string of the molecule is COc1cccc2cc(C(=O)N3CCC[C@H]3C(=O)O)oc12. The summed E-state index contributed by atoms with van der Waals surface area (Å²) in [5.74, 6) is -0.682. The molecule has 2 heterocycles. The molecule has 0 unspecified atom stereocenters. The monoisotopic (exact) mass is 289 g/mol. The number of carboxylic acids is 1. The molecule has 21 heavy (non-hydrogen) atoms. The minimum Gasteiger partial charge on any atom is -0.493 e. The number of carbonyl (C=O) groups is 2. The number of methoxy groups -OCH3 is 1. The van der Waals surface area contributed by atoms with Crippen molar-refractivity contribution >= 4 is 22.8 Å². The Morgan fingerprint density at radius 3 is 2.95 bits per heavy atom. The standard InChI is InChI=1S/C15H15NO5/c1-20-11-6-2-4-9-8-12(21-13(9)11)14(17)16-7-3-5-10(16)15(18)19/h2,4,6,8,10H,3,5,7H2,1H3,(H,18,19)/t10-/m0/s1. The Morgan fingerprint density at radius 1 is 1.43 bits per heavy atom. The lowest BCUT2D eigenvalue weighted by Gasteiger charge is -2.19. The van der Waals surface area contributed by atoms with Gasteiger partial charge in [0.25, 0.3) is 5.91 Å². The van der Waals surface area contributed by atoms with Crippen molar-refractivity contribution in [3.63, 3.8) is 0 Å². The number of amides is 1. The van der Waals surface area contributed by atoms with Gasteiger partial charge in [-0.05, 0) is 25.0 Å². The van der Waals surface area contributed by atoms with Crippen molar-refractivity contribution in [2.45, 2.75) is 18.9 Å². The van der Waals surface area contributed by atoms with Crippen LogP contribution < -0.4 is 4.74 Å². The highest BCUT2D eigenvalue weighted by atomic mass is 16.5. The van der Waals surface area contributed by atoms with Gasteiger partial charge in [0.05, 0.1) is 7.11 Å². The van der Waals surface area contributed by atoms with Gasteiger partial charge in [-0.15, -0.1) is 0 Å². The molecule has 0 aliphatic carbocycles. The van der Waals surface area contributed by atoms with E-state index in [1.807, 2.05) is 6.07 Å². The van der Waals surface area contributed by atoms with Crippen LogP contribution in [0.25, 0.3) is 11.0 Å². The molecule has 1 atom stereocenters. The van der Waals surface area contributed by atoms with Gasteiger partial charge in [-0.25, -0.2) is 4.79 Å². The van der Waals surface area contributed by atoms with Crippen molar-refractivity contribution in [3.05, 3.63) is 30.0 Å². The zero-order valence-electron chi connectivity index (χ0n) is 11.5. The smallest absolute Gasteiger partial charge is 0.326 e. The topological polar surface area (TPSA) is 80.0 Å². The van der Waals surface area contributed by atoms with E-state index in [0.717, 1.165) is 5.39 Å². The predicted molar refractivity (Wildman–Crippen MR) is 74.5 cm³/mol. The molecule has 6 nitrogen and oxygen atoms in total. The van der Waals surface area contributed by atoms with E-state index in [9.17, 15) is 9.59 Å². The molecule has 0 saturated carbocycles. The van der Waals surface area contributed by atoms with E-state index in [1.165, 1.54) is 12.0 Å². The first-order valence-electron chi connectivity index (χ1n) is 6.72. The molecule has 1 aromatic heterocycles. The summed E-state index contributed by atoms with van der Waals surface area (Å²) in [4.78, 5) is 25.0. The number of carboxylic acid groups (broad SMARTS) is 1. The average Bonchev–Trinajstić information content (AvgIpc) is 3.12. The van der Waals surface area contributed by atoms with E-state index < -0.39 is 17.9 Å². The first-order valence-corrected chi connectivity index (χ1v) is 6.72. The number of furan rings is 1. The number of ether oxygens (including phenoxy) is 1. The van der Waals surface area contributed by atoms with Crippen molar-refractivity contribution in [3.8, 4) is 5.75 Å². The van der Waals surface area contributed by atoms with Crippen LogP contribution in [-0.2, 0) is 4.79 Å². The predicted octanol–water partition coefficient (Wildman–Crippen LogP) is 2.13. The van der Waals surface area contributed by atoms with Crippen LogP contribution in [0.2, 0.25) is 0 Å². The molecule has 110 valence electrons. The Balaban J connectivity index is 1.96. The van der Waals surface area contributed by atoms with E-state index in [0.29, 0.717) is 30.7 Å². The van der Waals surface area contributed by atoms with Gasteiger partial charge in [0.15, 0.2) is 17.1 Å². The van der Waals surface area contributed by atoms with Crippen LogP contribution in [0.4, 0.5) is 0 Å². The molecule has 1 N–H and O–H groups in total. The van der Waals surface area contributed by atoms with Crippen molar-refractivity contribution in [2.24, 2.45) is 0 Å². The Hall–Kier alpha value is -2.50. The molecular formula is C15H15NO5. The molecule has 1 amide bonds. The zero-order chi connectivity index (χ0) is 15.0. The van der Waals surface area contributed by atoms with Crippen LogP contribution in [0.3, 0.4) is 0 Å². The lowest BCUT2D eigenvalue weighted by molar-refractivity contribution is -0.141. The molecule has 0 spiro atoms. The first-order chi connectivity index (χ1) is 10.1. The maximum absolute atomic E-state index is 12.5. The molecule has 0 bridgehead atoms. The number of hydrogen-bond donors (Lipinski definition) is 1. The molecule has 1 saturated heterocycles. The molecule has 0 radical (unpaired) electrons. The molecule has 1 aromatic carbocycles. The number of likely N-dealkylation sites (tertiary alicyclic amines) is 1. The van der Waals surface area contributed by atoms with E-state index >= 15 is 0 Å². The number of benzene rings is 1. The highest BCUT2D eigenvalue weighted by Crippen LogP contribution is 2.30. The minimum atomic E-state index is -0.977. The fourth-order valence-corrected chi connectivity index (χ4v) is 2.71. The van der Waals surface area contributed by atoms with Gasteiger partial charge in [0, 0.05) is 11.9 Å². The molecule has 1 aliphatic heterocycles. The average molecular weight is 289 g/mol. The summed E-state index contributed by atoms with van der Waals surface area (Å²) in [6.45, 7) is 0.435. The molecular weight excluding hydrogens is 274 g/mol. The first kappa shape index (κ1) is 13.5. The van der Waals surface area contributed by atoms with Gasteiger partial charge in [-0.2, -0.15) is 0 Å². The maximum Gasteiger partial charge on any atom is 0.326 e. The third-order valence-electron chi connectivity index (χ3n) is 3.74. The zero-order valence-corrected chi connectivity index (χ0v) is 11.5. The van der Waals surface area contributed by atoms with Crippen LogP contribution in [0.15, 0.2) is 28.7 Å². The van der Waals surface area contributed by atoms with E-state index in [-0.39, 0.29) is 5.76 Å². The molecule has 2 aromatic rings. The summed E-state index contributed by atoms with van der Waals surface area (Å²) in [5.41, 5.74) is 0.495. The van der Waals surface area contributed by atoms with Crippen LogP contribution in [0.1, 0.15) is 23.4 Å². The summed E-state index contributed by atoms with van der Waals surface area (Å²) < 4.78 is 10.8. The summed E-state index contributed by atoms with van der Waals surface area (Å²) in [6, 6.07) is 6.22. The van der Waals surface area contributed by atoms with Crippen LogP contribution in [0.5, 0.6) is 5.75 Å². The number of nitrogens with zero attached hydrogens (tertiary/aromatic N) is 1. The third kappa shape index (κ3) is 2.22. The maximum atomic E-state index is 12.5. The van der Waals surface area contributed by atoms with Crippen LogP contribution in [0, 0.1) is 0 Å². The van der Waals surface area contributed by atoms with Gasteiger partial charge in [0.1, 0.15) is 6.04 Å². The number of hydrogen-bond acceptors (Lipinski definition) is 4. The minimum absolute atomic E-state index is 0.141. The Bertz CT molecular complexity index is 705. The fraction of sp³-hybridized carbons (Fsp3) is 0.333. The van der Waals surface area contributed by atoms with Crippen molar-refractivity contribution in [1.82, 2.24) is 4.90 Å². The van der Waals surface area contributed by atoms with Crippen LogP contribution >= 0.6 is 0 Å². The van der Waals surface area contributed by atoms with Gasteiger partial charge in [-0.3, -0.25) is 4.79 Å². The summed E-state index contributed by atoms with van der Waals surface area (Å²) in [5, 5.41) is 9.91. The molecule has 3 rings (SSSR count). The lowest BCUT2D eigenvalue weighted by atomic mass is 10.2. The largest absolute Gasteiger partial charge is 0.493 e. The molecule has 6 heteroatoms. The second-order valence-electron chi connectivity index (χ2n) is 4.98. The van der Waals surface area contributed by atoms with Crippen LogP contribution in [-0.4, -0.2) is 41.6 Å². The van der Waals surface area contributed by atoms with Gasteiger partial charge in [-0.1, -0.05) is 12.1 Å². The van der Waals surface area contributed by atoms with E-state index in [2.05, 4.69) is 0 Å². The highest BCUT2D eigenvalue weighted by molar-refractivity contribution is 5.99. The van der Waals surface area contributed by atoms with Gasteiger partial charge >= 0.3 is 5.97 Å². The van der Waals surface area contributed by atoms with Crippen molar-refractivity contribution in [2.75, 3.05) is 13.7 Å². The van der Waals surface area contributed by atoms with Gasteiger partial charge < -0.3 is 19.2 Å². The Labute approximate surface area is 120 Å². The Kier molecular flexibility index (Phi) is 3.29. The number of para-hydroxylation sites is 1. The second-order valence-corrected chi connectivity index (χ2v) is 4.98. The number of fused-ring (bicyclic) bond motifs is 1. The quantitative estimate of drug-likeness (QED) is 0.936. The number of carbonyl (C=O) groups excluding carboxylic acids is 1. The lowest BCUT2D eigenvalue weighted by Crippen LogP contribution is -2.40. The normalized spacial score (nSPS) is 18.1. The van der Waals surface area contributed by atoms with E-state index in [4.69, 9.17) is 14.3 Å². The number of rotatable bonds is 3. The van der Waals surface area contributed by atoms with Gasteiger partial charge in [0.2, 0.25) is 0 Å². The summed E-state index contributed by atoms with van der Waals surface area (Å²) in [7, 11) is 1.53. The number of aliphatic carboxylic acids is 1. The fourth-order valence-electron chi connectivity index (χ4n) is 2.71. The Morgan fingerprint density at radius 2 is 2.24 bits per heavy atom. The highest BCUT2D eigenvalue weighted by Gasteiger charge is 2.35. The molecule has 1 aliphatic rings. The third-order valence-corrected chi connectivity index (χ3v) is 3.74. The van der Waals surface area contributed by atoms with E-state index in [1.54, 1.807) is 18.2 Å². The second kappa shape index (κ2) is 5.12. The molecule has 1 fully saturated rings. The summed E-state index contributed by atoms with van der Waals surface area (Å²) >= 11 is 0. The van der Waals surface area contributed by atoms with Crippen molar-refractivity contribution < 1.29 is 23.8 Å². The summed E-state index contributed by atoms with van der Waals surface area (Å²) in [6.07, 6.45) is 1.16.